The summed E-state index contributed by atoms with van der Waals surface area (Å²) in [4.78, 5) is 0. The smallest absolute Gasteiger partial charge is 0.0522 e. The highest BCUT2D eigenvalue weighted by Gasteiger charge is 2.15. The molecule has 1 unspecified atom stereocenters. The van der Waals surface area contributed by atoms with Gasteiger partial charge in [-0.15, -0.1) is 0 Å². The van der Waals surface area contributed by atoms with E-state index in [9.17, 15) is 0 Å². The van der Waals surface area contributed by atoms with Crippen LogP contribution in [0.1, 0.15) is 37.7 Å². The minimum Gasteiger partial charge on any atom is -0.327 e. The van der Waals surface area contributed by atoms with Crippen LogP contribution < -0.4 is 5.73 Å². The molecule has 3 nitrogen and oxygen atoms in total. The maximum Gasteiger partial charge on any atom is 0.0522 e. The van der Waals surface area contributed by atoms with E-state index in [2.05, 4.69) is 23.1 Å². The molecule has 1 atom stereocenters. The predicted molar refractivity (Wildman–Crippen MR) is 74.2 cm³/mol. The standard InChI is InChI=1S/C13H23N3S/c1-16-9-11(8-15-16)7-12(14)10-17-13-5-3-2-4-6-13/h8-9,12-13H,2-7,10,14H2,1H3. The number of nitrogens with zero attached hydrogens (tertiary/aromatic N) is 2. The van der Waals surface area contributed by atoms with E-state index in [1.165, 1.54) is 37.7 Å². The van der Waals surface area contributed by atoms with Crippen molar-refractivity contribution in [2.75, 3.05) is 5.75 Å². The van der Waals surface area contributed by atoms with Gasteiger partial charge in [0.2, 0.25) is 0 Å². The molecular weight excluding hydrogens is 230 g/mol. The molecule has 1 aliphatic rings. The molecule has 0 saturated heterocycles. The topological polar surface area (TPSA) is 43.8 Å². The molecule has 2 rings (SSSR count). The molecule has 1 fully saturated rings. The van der Waals surface area contributed by atoms with Crippen molar-refractivity contribution in [3.05, 3.63) is 18.0 Å². The normalized spacial score (nSPS) is 19.4. The molecular formula is C13H23N3S. The number of thioether (sulfide) groups is 1. The zero-order chi connectivity index (χ0) is 12.1. The number of rotatable bonds is 5. The van der Waals surface area contributed by atoms with Gasteiger partial charge in [-0.25, -0.2) is 0 Å². The molecule has 1 saturated carbocycles. The van der Waals surface area contributed by atoms with E-state index >= 15 is 0 Å². The fourth-order valence-corrected chi connectivity index (χ4v) is 3.73. The molecule has 2 N–H and O–H groups in total. The van der Waals surface area contributed by atoms with Gasteiger partial charge >= 0.3 is 0 Å². The highest BCUT2D eigenvalue weighted by atomic mass is 32.2. The Morgan fingerprint density at radius 2 is 2.24 bits per heavy atom. The van der Waals surface area contributed by atoms with Gasteiger partial charge in [-0.3, -0.25) is 4.68 Å². The summed E-state index contributed by atoms with van der Waals surface area (Å²) in [5.41, 5.74) is 7.43. The number of hydrogen-bond donors (Lipinski definition) is 1. The van der Waals surface area contributed by atoms with Crippen molar-refractivity contribution in [2.24, 2.45) is 12.8 Å². The number of aromatic nitrogens is 2. The van der Waals surface area contributed by atoms with Gasteiger partial charge in [0.25, 0.3) is 0 Å². The van der Waals surface area contributed by atoms with E-state index in [-0.39, 0.29) is 6.04 Å². The summed E-state index contributed by atoms with van der Waals surface area (Å²) in [6, 6.07) is 0.270. The van der Waals surface area contributed by atoms with Gasteiger partial charge in [-0.2, -0.15) is 16.9 Å². The average molecular weight is 253 g/mol. The van der Waals surface area contributed by atoms with Gasteiger partial charge in [-0.05, 0) is 24.8 Å². The predicted octanol–water partition coefficient (Wildman–Crippen LogP) is 2.36. The first kappa shape index (κ1) is 13.0. The van der Waals surface area contributed by atoms with Crippen molar-refractivity contribution in [3.8, 4) is 0 Å². The third-order valence-corrected chi connectivity index (χ3v) is 4.92. The summed E-state index contributed by atoms with van der Waals surface area (Å²) in [5, 5.41) is 5.04. The van der Waals surface area contributed by atoms with Crippen molar-refractivity contribution >= 4 is 11.8 Å². The maximum atomic E-state index is 6.17. The van der Waals surface area contributed by atoms with Gasteiger partial charge in [0.05, 0.1) is 6.20 Å². The minimum atomic E-state index is 0.270. The summed E-state index contributed by atoms with van der Waals surface area (Å²) in [6.07, 6.45) is 12.0. The quantitative estimate of drug-likeness (QED) is 0.876. The monoisotopic (exact) mass is 253 g/mol. The van der Waals surface area contributed by atoms with Crippen LogP contribution in [-0.2, 0) is 13.5 Å². The minimum absolute atomic E-state index is 0.270. The summed E-state index contributed by atoms with van der Waals surface area (Å²) < 4.78 is 1.84. The van der Waals surface area contributed by atoms with Crippen molar-refractivity contribution < 1.29 is 0 Å². The first-order chi connectivity index (χ1) is 8.24. The lowest BCUT2D eigenvalue weighted by Gasteiger charge is -2.22. The summed E-state index contributed by atoms with van der Waals surface area (Å²) in [6.45, 7) is 0. The van der Waals surface area contributed by atoms with Crippen molar-refractivity contribution in [2.45, 2.75) is 49.8 Å². The largest absolute Gasteiger partial charge is 0.327 e. The van der Waals surface area contributed by atoms with Crippen LogP contribution in [0.15, 0.2) is 12.4 Å². The molecule has 0 radical (unpaired) electrons. The molecule has 17 heavy (non-hydrogen) atoms. The van der Waals surface area contributed by atoms with Crippen molar-refractivity contribution in [3.63, 3.8) is 0 Å². The molecule has 1 heterocycles. The molecule has 0 amide bonds. The third kappa shape index (κ3) is 4.36. The summed E-state index contributed by atoms with van der Waals surface area (Å²) in [5.74, 6) is 1.08. The number of nitrogens with two attached hydrogens (primary N) is 1. The van der Waals surface area contributed by atoms with Gasteiger partial charge in [0.1, 0.15) is 0 Å². The molecule has 4 heteroatoms. The second-order valence-corrected chi connectivity index (χ2v) is 6.41. The highest BCUT2D eigenvalue weighted by molar-refractivity contribution is 7.99. The lowest BCUT2D eigenvalue weighted by molar-refractivity contribution is 0.515. The Morgan fingerprint density at radius 1 is 1.47 bits per heavy atom. The van der Waals surface area contributed by atoms with Crippen LogP contribution in [-0.4, -0.2) is 26.8 Å². The number of aryl methyl sites for hydroxylation is 1. The second kappa shape index (κ2) is 6.45. The molecule has 96 valence electrons. The van der Waals surface area contributed by atoms with E-state index in [1.54, 1.807) is 0 Å². The zero-order valence-corrected chi connectivity index (χ0v) is 11.5. The van der Waals surface area contributed by atoms with E-state index in [0.29, 0.717) is 0 Å². The maximum absolute atomic E-state index is 6.17. The summed E-state index contributed by atoms with van der Waals surface area (Å²) in [7, 11) is 1.95. The zero-order valence-electron chi connectivity index (χ0n) is 10.6. The van der Waals surface area contributed by atoms with Crippen LogP contribution >= 0.6 is 11.8 Å². The van der Waals surface area contributed by atoms with E-state index in [1.807, 2.05) is 17.9 Å². The Morgan fingerprint density at radius 3 is 2.88 bits per heavy atom. The molecule has 0 aromatic carbocycles. The first-order valence-corrected chi connectivity index (χ1v) is 7.63. The van der Waals surface area contributed by atoms with Crippen LogP contribution in [0.3, 0.4) is 0 Å². The lowest BCUT2D eigenvalue weighted by atomic mass is 10.0. The van der Waals surface area contributed by atoms with Crippen LogP contribution in [0.2, 0.25) is 0 Å². The SMILES string of the molecule is Cn1cc(CC(N)CSC2CCCCC2)cn1. The fourth-order valence-electron chi connectivity index (χ4n) is 2.43. The third-order valence-electron chi connectivity index (χ3n) is 3.35. The van der Waals surface area contributed by atoms with Crippen LogP contribution in [0.25, 0.3) is 0 Å². The van der Waals surface area contributed by atoms with Crippen molar-refractivity contribution in [1.29, 1.82) is 0 Å². The summed E-state index contributed by atoms with van der Waals surface area (Å²) >= 11 is 2.08. The Bertz CT molecular complexity index is 331. The average Bonchev–Trinajstić information content (AvgIpc) is 2.73. The van der Waals surface area contributed by atoms with Gasteiger partial charge in [0, 0.05) is 30.3 Å². The van der Waals surface area contributed by atoms with Crippen LogP contribution in [0.4, 0.5) is 0 Å². The van der Waals surface area contributed by atoms with Gasteiger partial charge < -0.3 is 5.73 Å². The van der Waals surface area contributed by atoms with E-state index in [4.69, 9.17) is 5.73 Å². The van der Waals surface area contributed by atoms with E-state index in [0.717, 1.165) is 17.4 Å². The Labute approximate surface area is 108 Å². The van der Waals surface area contributed by atoms with E-state index < -0.39 is 0 Å². The lowest BCUT2D eigenvalue weighted by Crippen LogP contribution is -2.27. The first-order valence-electron chi connectivity index (χ1n) is 6.59. The molecule has 1 aromatic heterocycles. The van der Waals surface area contributed by atoms with Gasteiger partial charge in [-0.1, -0.05) is 19.3 Å². The Hall–Kier alpha value is -0.480. The van der Waals surface area contributed by atoms with Crippen LogP contribution in [0, 0.1) is 0 Å². The Balaban J connectivity index is 1.68. The highest BCUT2D eigenvalue weighted by Crippen LogP contribution is 2.28. The van der Waals surface area contributed by atoms with Crippen LogP contribution in [0.5, 0.6) is 0 Å². The van der Waals surface area contributed by atoms with Crippen molar-refractivity contribution in [1.82, 2.24) is 9.78 Å². The number of hydrogen-bond acceptors (Lipinski definition) is 3. The molecule has 0 bridgehead atoms. The molecule has 0 spiro atoms. The molecule has 0 aliphatic heterocycles. The molecule has 1 aliphatic carbocycles. The van der Waals surface area contributed by atoms with Gasteiger partial charge in [0.15, 0.2) is 0 Å². The Kier molecular flexibility index (Phi) is 4.92. The second-order valence-electron chi connectivity index (χ2n) is 5.08. The molecule has 1 aromatic rings. The fraction of sp³-hybridized carbons (Fsp3) is 0.769.